The van der Waals surface area contributed by atoms with Gasteiger partial charge in [-0.2, -0.15) is 0 Å². The highest BCUT2D eigenvalue weighted by atomic mass is 16.4. The first-order valence-corrected chi connectivity index (χ1v) is 6.67. The van der Waals surface area contributed by atoms with Crippen molar-refractivity contribution in [2.45, 2.75) is 25.8 Å². The molecule has 0 unspecified atom stereocenters. The van der Waals surface area contributed by atoms with Gasteiger partial charge in [-0.25, -0.2) is 4.68 Å². The summed E-state index contributed by atoms with van der Waals surface area (Å²) in [6.45, 7) is -0.290. The third kappa shape index (κ3) is 2.91. The van der Waals surface area contributed by atoms with Crippen molar-refractivity contribution in [2.24, 2.45) is 0 Å². The van der Waals surface area contributed by atoms with Gasteiger partial charge in [-0.3, -0.25) is 9.59 Å². The lowest BCUT2D eigenvalue weighted by molar-refractivity contribution is -0.137. The molecule has 3 rings (SSSR count). The second-order valence-corrected chi connectivity index (χ2v) is 4.99. The Kier molecular flexibility index (Phi) is 3.39. The summed E-state index contributed by atoms with van der Waals surface area (Å²) >= 11 is 0. The molecule has 0 saturated heterocycles. The minimum absolute atomic E-state index is 0.238. The van der Waals surface area contributed by atoms with E-state index in [0.29, 0.717) is 5.56 Å². The van der Waals surface area contributed by atoms with Gasteiger partial charge in [0, 0.05) is 5.56 Å². The van der Waals surface area contributed by atoms with E-state index in [0.717, 1.165) is 23.9 Å². The molecule has 0 aliphatic heterocycles. The van der Waals surface area contributed by atoms with Crippen molar-refractivity contribution in [3.8, 4) is 0 Å². The number of rotatable bonds is 4. The molecule has 1 aliphatic carbocycles. The molecule has 1 aromatic carbocycles. The number of nitrogens with zero attached hydrogens (tertiary/aromatic N) is 3. The van der Waals surface area contributed by atoms with E-state index in [9.17, 15) is 9.59 Å². The van der Waals surface area contributed by atoms with E-state index >= 15 is 0 Å². The predicted molar refractivity (Wildman–Crippen MR) is 74.1 cm³/mol. The number of nitrogens with one attached hydrogen (secondary N) is 1. The summed E-state index contributed by atoms with van der Waals surface area (Å²) in [7, 11) is 0. The van der Waals surface area contributed by atoms with Gasteiger partial charge in [-0.05, 0) is 42.5 Å². The summed E-state index contributed by atoms with van der Waals surface area (Å²) in [5, 5.41) is 18.6. The minimum atomic E-state index is -1.02. The molecule has 1 heterocycles. The van der Waals surface area contributed by atoms with Gasteiger partial charge >= 0.3 is 5.97 Å². The van der Waals surface area contributed by atoms with Crippen LogP contribution in [0.5, 0.6) is 0 Å². The molecule has 0 saturated carbocycles. The maximum Gasteiger partial charge on any atom is 0.325 e. The topological polar surface area (TPSA) is 97.1 Å². The highest BCUT2D eigenvalue weighted by molar-refractivity contribution is 6.03. The number of aliphatic carboxylic acids is 1. The van der Waals surface area contributed by atoms with Crippen LogP contribution >= 0.6 is 0 Å². The van der Waals surface area contributed by atoms with Crippen LogP contribution in [0.1, 0.15) is 27.9 Å². The Balaban J connectivity index is 1.71. The van der Waals surface area contributed by atoms with Crippen LogP contribution < -0.4 is 5.32 Å². The molecule has 108 valence electrons. The molecule has 1 amide bonds. The molecule has 2 N–H and O–H groups in total. The molecule has 7 nitrogen and oxygen atoms in total. The average molecular weight is 286 g/mol. The Labute approximate surface area is 120 Å². The first kappa shape index (κ1) is 13.3. The van der Waals surface area contributed by atoms with Crippen LogP contribution in [0.25, 0.3) is 0 Å². The largest absolute Gasteiger partial charge is 0.480 e. The highest BCUT2D eigenvalue weighted by Crippen LogP contribution is 2.23. The molecule has 21 heavy (non-hydrogen) atoms. The SMILES string of the molecule is O=C(O)Cn1cc(NC(=O)c2ccc3c(c2)CCC3)nn1. The number of benzene rings is 1. The fourth-order valence-corrected chi connectivity index (χ4v) is 2.47. The summed E-state index contributed by atoms with van der Waals surface area (Å²) in [4.78, 5) is 22.7. The number of aryl methyl sites for hydroxylation is 2. The van der Waals surface area contributed by atoms with Crippen LogP contribution in [0.3, 0.4) is 0 Å². The standard InChI is InChI=1S/C14H14N4O3/c19-13(20)8-18-7-12(16-17-18)15-14(21)11-5-4-9-2-1-3-10(9)6-11/h4-7H,1-3,8H2,(H,15,21)(H,19,20). The molecule has 7 heteroatoms. The van der Waals surface area contributed by atoms with Crippen LogP contribution in [-0.4, -0.2) is 32.0 Å². The molecule has 0 bridgehead atoms. The van der Waals surface area contributed by atoms with Gasteiger partial charge in [0.1, 0.15) is 6.54 Å². The van der Waals surface area contributed by atoms with Crippen molar-refractivity contribution >= 4 is 17.7 Å². The van der Waals surface area contributed by atoms with E-state index in [-0.39, 0.29) is 18.3 Å². The van der Waals surface area contributed by atoms with Gasteiger partial charge in [-0.15, -0.1) is 5.10 Å². The Morgan fingerprint density at radius 3 is 2.90 bits per heavy atom. The number of carboxylic acid groups (broad SMARTS) is 1. The fraction of sp³-hybridized carbons (Fsp3) is 0.286. The predicted octanol–water partition coefficient (Wildman–Crippen LogP) is 1.10. The van der Waals surface area contributed by atoms with E-state index in [1.165, 1.54) is 17.3 Å². The van der Waals surface area contributed by atoms with Crippen molar-refractivity contribution in [1.82, 2.24) is 15.0 Å². The quantitative estimate of drug-likeness (QED) is 0.877. The average Bonchev–Trinajstić information content (AvgIpc) is 3.06. The number of hydrogen-bond acceptors (Lipinski definition) is 4. The molecule has 1 aromatic heterocycles. The van der Waals surface area contributed by atoms with Crippen LogP contribution in [0.2, 0.25) is 0 Å². The van der Waals surface area contributed by atoms with Crippen LogP contribution in [0.4, 0.5) is 5.82 Å². The maximum atomic E-state index is 12.1. The van der Waals surface area contributed by atoms with Crippen molar-refractivity contribution in [3.63, 3.8) is 0 Å². The van der Waals surface area contributed by atoms with E-state index in [4.69, 9.17) is 5.11 Å². The second-order valence-electron chi connectivity index (χ2n) is 4.99. The zero-order valence-corrected chi connectivity index (χ0v) is 11.2. The summed E-state index contributed by atoms with van der Waals surface area (Å²) in [6, 6.07) is 5.68. The van der Waals surface area contributed by atoms with Crippen molar-refractivity contribution in [1.29, 1.82) is 0 Å². The van der Waals surface area contributed by atoms with Gasteiger partial charge < -0.3 is 10.4 Å². The number of fused-ring (bicyclic) bond motifs is 1. The molecular weight excluding hydrogens is 272 g/mol. The van der Waals surface area contributed by atoms with Crippen LogP contribution in [0.15, 0.2) is 24.4 Å². The fourth-order valence-electron chi connectivity index (χ4n) is 2.47. The highest BCUT2D eigenvalue weighted by Gasteiger charge is 2.15. The molecule has 0 radical (unpaired) electrons. The third-order valence-corrected chi connectivity index (χ3v) is 3.44. The number of carboxylic acids is 1. The minimum Gasteiger partial charge on any atom is -0.480 e. The van der Waals surface area contributed by atoms with Gasteiger partial charge in [0.25, 0.3) is 5.91 Å². The number of carbonyl (C=O) groups excluding carboxylic acids is 1. The first-order valence-electron chi connectivity index (χ1n) is 6.67. The first-order chi connectivity index (χ1) is 10.1. The molecule has 0 atom stereocenters. The van der Waals surface area contributed by atoms with E-state index < -0.39 is 5.97 Å². The number of hydrogen-bond donors (Lipinski definition) is 2. The van der Waals surface area contributed by atoms with Crippen molar-refractivity contribution in [2.75, 3.05) is 5.32 Å². The third-order valence-electron chi connectivity index (χ3n) is 3.44. The van der Waals surface area contributed by atoms with Gasteiger partial charge in [0.2, 0.25) is 0 Å². The zero-order valence-electron chi connectivity index (χ0n) is 11.2. The zero-order chi connectivity index (χ0) is 14.8. The number of aromatic nitrogens is 3. The lowest BCUT2D eigenvalue weighted by atomic mass is 10.1. The van der Waals surface area contributed by atoms with E-state index in [2.05, 4.69) is 15.6 Å². The summed E-state index contributed by atoms with van der Waals surface area (Å²) in [5.41, 5.74) is 3.10. The smallest absolute Gasteiger partial charge is 0.325 e. The van der Waals surface area contributed by atoms with Gasteiger partial charge in [-0.1, -0.05) is 11.3 Å². The summed E-state index contributed by atoms with van der Waals surface area (Å²) in [5.74, 6) is -1.05. The molecule has 0 spiro atoms. The van der Waals surface area contributed by atoms with Crippen molar-refractivity contribution in [3.05, 3.63) is 41.1 Å². The molecular formula is C14H14N4O3. The lowest BCUT2D eigenvalue weighted by Crippen LogP contribution is -2.12. The number of carbonyl (C=O) groups is 2. The number of amides is 1. The lowest BCUT2D eigenvalue weighted by Gasteiger charge is -2.04. The Morgan fingerprint density at radius 2 is 2.10 bits per heavy atom. The normalized spacial score (nSPS) is 13.0. The van der Waals surface area contributed by atoms with Crippen LogP contribution in [0, 0.1) is 0 Å². The van der Waals surface area contributed by atoms with Gasteiger partial charge in [0.15, 0.2) is 5.82 Å². The van der Waals surface area contributed by atoms with Gasteiger partial charge in [0.05, 0.1) is 6.20 Å². The summed E-state index contributed by atoms with van der Waals surface area (Å²) in [6.07, 6.45) is 4.59. The summed E-state index contributed by atoms with van der Waals surface area (Å²) < 4.78 is 1.15. The van der Waals surface area contributed by atoms with Crippen molar-refractivity contribution < 1.29 is 14.7 Å². The Morgan fingerprint density at radius 1 is 1.29 bits per heavy atom. The monoisotopic (exact) mass is 286 g/mol. The van der Waals surface area contributed by atoms with Crippen LogP contribution in [-0.2, 0) is 24.2 Å². The van der Waals surface area contributed by atoms with E-state index in [1.807, 2.05) is 12.1 Å². The van der Waals surface area contributed by atoms with E-state index in [1.54, 1.807) is 6.07 Å². The molecule has 2 aromatic rings. The second kappa shape index (κ2) is 5.35. The Bertz CT molecular complexity index is 708. The maximum absolute atomic E-state index is 12.1. The molecule has 0 fully saturated rings. The molecule has 1 aliphatic rings. The Hall–Kier alpha value is -2.70. The number of anilines is 1.